The maximum absolute atomic E-state index is 13.0. The van der Waals surface area contributed by atoms with Gasteiger partial charge in [0, 0.05) is 24.1 Å². The Morgan fingerprint density at radius 3 is 2.60 bits per heavy atom. The van der Waals surface area contributed by atoms with Gasteiger partial charge in [-0.3, -0.25) is 14.5 Å². The molecule has 160 valence electrons. The molecule has 0 radical (unpaired) electrons. The number of hydrogen-bond acceptors (Lipinski definition) is 3. The van der Waals surface area contributed by atoms with Crippen LogP contribution in [0.25, 0.3) is 0 Å². The molecule has 2 aromatic rings. The van der Waals surface area contributed by atoms with Crippen molar-refractivity contribution in [3.05, 3.63) is 64.1 Å². The summed E-state index contributed by atoms with van der Waals surface area (Å²) in [4.78, 5) is 27.8. The summed E-state index contributed by atoms with van der Waals surface area (Å²) in [5.74, 6) is 0.121. The SMILES string of the molecule is CC(C)CNC(=O)c1ccccc1NC(=O)C1CCCN(Cc2ccc(Br)cc2)C1. The summed E-state index contributed by atoms with van der Waals surface area (Å²) in [5, 5.41) is 5.94. The van der Waals surface area contributed by atoms with Crippen LogP contribution in [0.15, 0.2) is 53.0 Å². The lowest BCUT2D eigenvalue weighted by Crippen LogP contribution is -2.40. The van der Waals surface area contributed by atoms with Gasteiger partial charge in [0.25, 0.3) is 5.91 Å². The van der Waals surface area contributed by atoms with E-state index in [9.17, 15) is 9.59 Å². The van der Waals surface area contributed by atoms with E-state index < -0.39 is 0 Å². The average Bonchev–Trinajstić information content (AvgIpc) is 2.74. The number of carbonyl (C=O) groups excluding carboxylic acids is 2. The van der Waals surface area contributed by atoms with Crippen LogP contribution in [0, 0.1) is 11.8 Å². The zero-order valence-corrected chi connectivity index (χ0v) is 19.2. The fourth-order valence-electron chi connectivity index (χ4n) is 3.68. The van der Waals surface area contributed by atoms with E-state index in [1.54, 1.807) is 12.1 Å². The molecule has 3 rings (SSSR count). The molecular formula is C24H30BrN3O2. The minimum atomic E-state index is -0.153. The smallest absolute Gasteiger partial charge is 0.253 e. The van der Waals surface area contributed by atoms with Gasteiger partial charge in [-0.1, -0.05) is 54.0 Å². The minimum Gasteiger partial charge on any atom is -0.352 e. The lowest BCUT2D eigenvalue weighted by atomic mass is 9.96. The van der Waals surface area contributed by atoms with Gasteiger partial charge in [0.1, 0.15) is 0 Å². The fourth-order valence-corrected chi connectivity index (χ4v) is 3.94. The molecule has 5 nitrogen and oxygen atoms in total. The highest BCUT2D eigenvalue weighted by Gasteiger charge is 2.26. The van der Waals surface area contributed by atoms with Gasteiger partial charge < -0.3 is 10.6 Å². The van der Waals surface area contributed by atoms with Gasteiger partial charge in [-0.05, 0) is 55.1 Å². The van der Waals surface area contributed by atoms with Crippen LogP contribution in [0.4, 0.5) is 5.69 Å². The summed E-state index contributed by atoms with van der Waals surface area (Å²) in [7, 11) is 0. The Kier molecular flexibility index (Phi) is 8.05. The van der Waals surface area contributed by atoms with Crippen LogP contribution in [0.3, 0.4) is 0 Å². The number of likely N-dealkylation sites (tertiary alicyclic amines) is 1. The highest BCUT2D eigenvalue weighted by molar-refractivity contribution is 9.10. The van der Waals surface area contributed by atoms with Gasteiger partial charge >= 0.3 is 0 Å². The monoisotopic (exact) mass is 471 g/mol. The molecule has 1 aliphatic heterocycles. The largest absolute Gasteiger partial charge is 0.352 e. The number of amides is 2. The maximum Gasteiger partial charge on any atom is 0.253 e. The molecule has 1 heterocycles. The molecule has 0 bridgehead atoms. The summed E-state index contributed by atoms with van der Waals surface area (Å²) in [6.07, 6.45) is 1.86. The van der Waals surface area contributed by atoms with Crippen molar-refractivity contribution in [1.82, 2.24) is 10.2 Å². The number of rotatable bonds is 7. The zero-order valence-electron chi connectivity index (χ0n) is 17.7. The van der Waals surface area contributed by atoms with Crippen LogP contribution >= 0.6 is 15.9 Å². The van der Waals surface area contributed by atoms with Crippen molar-refractivity contribution in [2.75, 3.05) is 25.0 Å². The van der Waals surface area contributed by atoms with Crippen molar-refractivity contribution in [1.29, 1.82) is 0 Å². The Morgan fingerprint density at radius 2 is 1.87 bits per heavy atom. The first-order chi connectivity index (χ1) is 14.4. The second-order valence-electron chi connectivity index (χ2n) is 8.34. The number of halogens is 1. The molecule has 0 aliphatic carbocycles. The first-order valence-electron chi connectivity index (χ1n) is 10.6. The predicted molar refractivity (Wildman–Crippen MR) is 124 cm³/mol. The number of piperidine rings is 1. The fraction of sp³-hybridized carbons (Fsp3) is 0.417. The molecule has 1 aliphatic rings. The molecule has 6 heteroatoms. The number of benzene rings is 2. The Morgan fingerprint density at radius 1 is 1.13 bits per heavy atom. The van der Waals surface area contributed by atoms with Gasteiger partial charge in [-0.2, -0.15) is 0 Å². The summed E-state index contributed by atoms with van der Waals surface area (Å²) in [6, 6.07) is 15.5. The Bertz CT molecular complexity index is 867. The van der Waals surface area contributed by atoms with E-state index in [4.69, 9.17) is 0 Å². The number of carbonyl (C=O) groups is 2. The zero-order chi connectivity index (χ0) is 21.5. The van der Waals surface area contributed by atoms with Gasteiger partial charge in [-0.15, -0.1) is 0 Å². The van der Waals surface area contributed by atoms with E-state index in [-0.39, 0.29) is 17.7 Å². The molecule has 1 saturated heterocycles. The van der Waals surface area contributed by atoms with E-state index in [1.165, 1.54) is 5.56 Å². The maximum atomic E-state index is 13.0. The number of anilines is 1. The molecule has 1 fully saturated rings. The van der Waals surface area contributed by atoms with Crippen LogP contribution < -0.4 is 10.6 Å². The summed E-state index contributed by atoms with van der Waals surface area (Å²) in [5.41, 5.74) is 2.33. The van der Waals surface area contributed by atoms with Crippen LogP contribution in [0.2, 0.25) is 0 Å². The molecule has 2 aromatic carbocycles. The van der Waals surface area contributed by atoms with Crippen molar-refractivity contribution >= 4 is 33.4 Å². The van der Waals surface area contributed by atoms with Gasteiger partial charge in [0.2, 0.25) is 5.91 Å². The van der Waals surface area contributed by atoms with E-state index in [0.29, 0.717) is 23.7 Å². The quantitative estimate of drug-likeness (QED) is 0.615. The van der Waals surface area contributed by atoms with Crippen LogP contribution in [-0.4, -0.2) is 36.3 Å². The highest BCUT2D eigenvalue weighted by Crippen LogP contribution is 2.22. The van der Waals surface area contributed by atoms with E-state index in [2.05, 4.69) is 57.4 Å². The van der Waals surface area contributed by atoms with E-state index >= 15 is 0 Å². The molecule has 0 spiro atoms. The molecule has 2 amide bonds. The Balaban J connectivity index is 1.61. The van der Waals surface area contributed by atoms with E-state index in [1.807, 2.05) is 24.3 Å². The van der Waals surface area contributed by atoms with Crippen LogP contribution in [0.1, 0.15) is 42.6 Å². The van der Waals surface area contributed by atoms with Crippen molar-refractivity contribution < 1.29 is 9.59 Å². The molecule has 1 unspecified atom stereocenters. The molecular weight excluding hydrogens is 442 g/mol. The van der Waals surface area contributed by atoms with Crippen molar-refractivity contribution in [3.63, 3.8) is 0 Å². The third kappa shape index (κ3) is 6.41. The second kappa shape index (κ2) is 10.7. The third-order valence-corrected chi connectivity index (χ3v) is 5.82. The number of nitrogens with zero attached hydrogens (tertiary/aromatic N) is 1. The first kappa shape index (κ1) is 22.5. The van der Waals surface area contributed by atoms with E-state index in [0.717, 1.165) is 36.9 Å². The predicted octanol–water partition coefficient (Wildman–Crippen LogP) is 4.69. The van der Waals surface area contributed by atoms with Crippen LogP contribution in [-0.2, 0) is 11.3 Å². The molecule has 30 heavy (non-hydrogen) atoms. The topological polar surface area (TPSA) is 61.4 Å². The summed E-state index contributed by atoms with van der Waals surface area (Å²) >= 11 is 3.47. The molecule has 0 saturated carbocycles. The van der Waals surface area contributed by atoms with Gasteiger partial charge in [0.05, 0.1) is 17.2 Å². The van der Waals surface area contributed by atoms with Gasteiger partial charge in [-0.25, -0.2) is 0 Å². The second-order valence-corrected chi connectivity index (χ2v) is 9.26. The minimum absolute atomic E-state index is 0.0142. The van der Waals surface area contributed by atoms with Crippen molar-refractivity contribution in [2.45, 2.75) is 33.2 Å². The lowest BCUT2D eigenvalue weighted by molar-refractivity contribution is -0.121. The third-order valence-electron chi connectivity index (χ3n) is 5.30. The molecule has 2 N–H and O–H groups in total. The van der Waals surface area contributed by atoms with Crippen molar-refractivity contribution in [3.8, 4) is 0 Å². The number of hydrogen-bond donors (Lipinski definition) is 2. The normalized spacial score (nSPS) is 17.0. The molecule has 1 atom stereocenters. The Hall–Kier alpha value is -2.18. The van der Waals surface area contributed by atoms with Gasteiger partial charge in [0.15, 0.2) is 0 Å². The molecule has 0 aromatic heterocycles. The summed E-state index contributed by atoms with van der Waals surface area (Å²) in [6.45, 7) is 7.27. The highest BCUT2D eigenvalue weighted by atomic mass is 79.9. The standard InChI is InChI=1S/C24H30BrN3O2/c1-17(2)14-26-24(30)21-7-3-4-8-22(21)27-23(29)19-6-5-13-28(16-19)15-18-9-11-20(25)12-10-18/h3-4,7-12,17,19H,5-6,13-16H2,1-2H3,(H,26,30)(H,27,29). The number of para-hydroxylation sites is 1. The number of nitrogens with one attached hydrogen (secondary N) is 2. The van der Waals surface area contributed by atoms with Crippen LogP contribution in [0.5, 0.6) is 0 Å². The Labute approximate surface area is 187 Å². The first-order valence-corrected chi connectivity index (χ1v) is 11.4. The average molecular weight is 472 g/mol. The lowest BCUT2D eigenvalue weighted by Gasteiger charge is -2.32. The van der Waals surface area contributed by atoms with Crippen molar-refractivity contribution in [2.24, 2.45) is 11.8 Å². The summed E-state index contributed by atoms with van der Waals surface area (Å²) < 4.78 is 1.07.